The molecule has 1 fully saturated rings. The Labute approximate surface area is 155 Å². The Morgan fingerprint density at radius 2 is 1.88 bits per heavy atom. The summed E-state index contributed by atoms with van der Waals surface area (Å²) in [6.07, 6.45) is 0. The van der Waals surface area contributed by atoms with Crippen LogP contribution in [0.2, 0.25) is 0 Å². The number of aromatic nitrogens is 2. The zero-order chi connectivity index (χ0) is 18.7. The van der Waals surface area contributed by atoms with Gasteiger partial charge in [0, 0.05) is 32.2 Å². The van der Waals surface area contributed by atoms with Crippen LogP contribution >= 0.6 is 0 Å². The van der Waals surface area contributed by atoms with E-state index >= 15 is 0 Å². The molecule has 6 heteroatoms. The molecule has 1 aliphatic rings. The van der Waals surface area contributed by atoms with Gasteiger partial charge in [0.15, 0.2) is 5.82 Å². The number of ether oxygens (including phenoxy) is 1. The smallest absolute Gasteiger partial charge is 0.169 e. The van der Waals surface area contributed by atoms with E-state index in [9.17, 15) is 5.26 Å². The highest BCUT2D eigenvalue weighted by atomic mass is 16.5. The maximum atomic E-state index is 9.53. The molecule has 2 aromatic rings. The highest BCUT2D eigenvalue weighted by molar-refractivity contribution is 5.57. The van der Waals surface area contributed by atoms with Crippen LogP contribution in [0.3, 0.4) is 0 Å². The number of hydrogen-bond acceptors (Lipinski definition) is 6. The minimum atomic E-state index is 0.313. The molecule has 0 N–H and O–H groups in total. The Morgan fingerprint density at radius 1 is 1.15 bits per heavy atom. The van der Waals surface area contributed by atoms with Gasteiger partial charge >= 0.3 is 0 Å². The van der Waals surface area contributed by atoms with Crippen molar-refractivity contribution in [3.63, 3.8) is 0 Å². The summed E-state index contributed by atoms with van der Waals surface area (Å²) in [7, 11) is 1.69. The lowest BCUT2D eigenvalue weighted by Crippen LogP contribution is -2.47. The molecule has 2 heterocycles. The fraction of sp³-hybridized carbons (Fsp3) is 0.450. The number of hydrogen-bond donors (Lipinski definition) is 0. The maximum Gasteiger partial charge on any atom is 0.169 e. The maximum absolute atomic E-state index is 9.53. The second-order valence-corrected chi connectivity index (χ2v) is 6.70. The minimum Gasteiger partial charge on any atom is -0.497 e. The first-order valence-corrected chi connectivity index (χ1v) is 8.92. The van der Waals surface area contributed by atoms with Crippen molar-refractivity contribution >= 4 is 5.82 Å². The Hall–Kier alpha value is -2.65. The zero-order valence-corrected chi connectivity index (χ0v) is 15.9. The molecular formula is C20H25N5O. The standard InChI is InChI=1S/C20H25N5O/c1-14-15(2)22-23-20(19(14)13-21)25-10-8-24(9-11-25)16(3)17-6-5-7-18(12-17)26-4/h5-7,12,16H,8-11H2,1-4H3. The molecule has 0 amide bonds. The monoisotopic (exact) mass is 351 g/mol. The van der Waals surface area contributed by atoms with Gasteiger partial charge in [-0.05, 0) is 44.0 Å². The number of benzene rings is 1. The normalized spacial score (nSPS) is 16.2. The average Bonchev–Trinajstić information content (AvgIpc) is 2.69. The second kappa shape index (κ2) is 7.71. The molecule has 1 aromatic carbocycles. The molecule has 1 saturated heterocycles. The van der Waals surface area contributed by atoms with Gasteiger partial charge in [-0.15, -0.1) is 5.10 Å². The van der Waals surface area contributed by atoms with E-state index in [1.54, 1.807) is 7.11 Å². The molecule has 1 aliphatic heterocycles. The molecule has 0 radical (unpaired) electrons. The van der Waals surface area contributed by atoms with E-state index in [0.717, 1.165) is 43.2 Å². The van der Waals surface area contributed by atoms with Gasteiger partial charge in [0.2, 0.25) is 0 Å². The van der Waals surface area contributed by atoms with Gasteiger partial charge in [-0.1, -0.05) is 12.1 Å². The third-order valence-electron chi connectivity index (χ3n) is 5.29. The van der Waals surface area contributed by atoms with Crippen LogP contribution in [0, 0.1) is 25.2 Å². The summed E-state index contributed by atoms with van der Waals surface area (Å²) in [4.78, 5) is 4.62. The van der Waals surface area contributed by atoms with Crippen molar-refractivity contribution in [1.82, 2.24) is 15.1 Å². The molecule has 0 spiro atoms. The first kappa shape index (κ1) is 18.2. The number of rotatable bonds is 4. The fourth-order valence-corrected chi connectivity index (χ4v) is 3.38. The highest BCUT2D eigenvalue weighted by Gasteiger charge is 2.25. The van der Waals surface area contributed by atoms with Crippen molar-refractivity contribution in [2.45, 2.75) is 26.8 Å². The van der Waals surface area contributed by atoms with E-state index in [0.29, 0.717) is 17.4 Å². The fourth-order valence-electron chi connectivity index (χ4n) is 3.38. The topological polar surface area (TPSA) is 65.3 Å². The number of nitriles is 1. The summed E-state index contributed by atoms with van der Waals surface area (Å²) < 4.78 is 5.34. The van der Waals surface area contributed by atoms with Crippen LogP contribution in [0.4, 0.5) is 5.82 Å². The van der Waals surface area contributed by atoms with Crippen molar-refractivity contribution < 1.29 is 4.74 Å². The predicted molar refractivity (Wildman–Crippen MR) is 101 cm³/mol. The second-order valence-electron chi connectivity index (χ2n) is 6.70. The van der Waals surface area contributed by atoms with E-state index in [-0.39, 0.29) is 0 Å². The summed E-state index contributed by atoms with van der Waals surface area (Å²) in [5, 5.41) is 18.0. The van der Waals surface area contributed by atoms with Crippen LogP contribution in [0.1, 0.15) is 35.3 Å². The van der Waals surface area contributed by atoms with Crippen LogP contribution in [0.25, 0.3) is 0 Å². The van der Waals surface area contributed by atoms with Gasteiger partial charge in [0.05, 0.1) is 12.8 Å². The van der Waals surface area contributed by atoms with E-state index in [1.165, 1.54) is 5.56 Å². The van der Waals surface area contributed by atoms with Crippen LogP contribution < -0.4 is 9.64 Å². The largest absolute Gasteiger partial charge is 0.497 e. The van der Waals surface area contributed by atoms with Gasteiger partial charge in [-0.2, -0.15) is 10.4 Å². The number of anilines is 1. The lowest BCUT2D eigenvalue weighted by atomic mass is 10.1. The molecule has 0 aliphatic carbocycles. The van der Waals surface area contributed by atoms with Gasteiger partial charge in [0.25, 0.3) is 0 Å². The summed E-state index contributed by atoms with van der Waals surface area (Å²) in [6, 6.07) is 10.9. The molecule has 26 heavy (non-hydrogen) atoms. The number of piperazine rings is 1. The van der Waals surface area contributed by atoms with E-state index in [2.05, 4.69) is 45.1 Å². The number of nitrogens with zero attached hydrogens (tertiary/aromatic N) is 5. The molecule has 3 rings (SSSR count). The lowest BCUT2D eigenvalue weighted by Gasteiger charge is -2.39. The Morgan fingerprint density at radius 3 is 2.54 bits per heavy atom. The van der Waals surface area contributed by atoms with Gasteiger partial charge in [-0.25, -0.2) is 0 Å². The molecule has 1 atom stereocenters. The number of aryl methyl sites for hydroxylation is 1. The molecule has 0 saturated carbocycles. The van der Waals surface area contributed by atoms with E-state index in [4.69, 9.17) is 4.74 Å². The Balaban J connectivity index is 1.72. The summed E-state index contributed by atoms with van der Waals surface area (Å²) in [5.74, 6) is 1.60. The van der Waals surface area contributed by atoms with Crippen molar-refractivity contribution in [2.24, 2.45) is 0 Å². The van der Waals surface area contributed by atoms with Crippen molar-refractivity contribution in [3.05, 3.63) is 46.6 Å². The van der Waals surface area contributed by atoms with Crippen LogP contribution in [0.15, 0.2) is 24.3 Å². The SMILES string of the molecule is COc1cccc(C(C)N2CCN(c3nnc(C)c(C)c3C#N)CC2)c1. The number of methoxy groups -OCH3 is 1. The molecule has 0 bridgehead atoms. The predicted octanol–water partition coefficient (Wildman–Crippen LogP) is 2.86. The van der Waals surface area contributed by atoms with Crippen molar-refractivity contribution in [3.8, 4) is 11.8 Å². The molecular weight excluding hydrogens is 326 g/mol. The first-order valence-electron chi connectivity index (χ1n) is 8.92. The van der Waals surface area contributed by atoms with Gasteiger partial charge in [0.1, 0.15) is 17.4 Å². The Bertz CT molecular complexity index is 821. The van der Waals surface area contributed by atoms with Crippen LogP contribution in [0.5, 0.6) is 5.75 Å². The van der Waals surface area contributed by atoms with E-state index < -0.39 is 0 Å². The molecule has 1 unspecified atom stereocenters. The van der Waals surface area contributed by atoms with Crippen molar-refractivity contribution in [2.75, 3.05) is 38.2 Å². The third-order valence-corrected chi connectivity index (χ3v) is 5.29. The first-order chi connectivity index (χ1) is 12.5. The average molecular weight is 351 g/mol. The van der Waals surface area contributed by atoms with E-state index in [1.807, 2.05) is 26.0 Å². The van der Waals surface area contributed by atoms with Crippen LogP contribution in [-0.2, 0) is 0 Å². The van der Waals surface area contributed by atoms with Gasteiger partial charge < -0.3 is 9.64 Å². The summed E-state index contributed by atoms with van der Waals surface area (Å²) in [5.41, 5.74) is 3.63. The summed E-state index contributed by atoms with van der Waals surface area (Å²) in [6.45, 7) is 9.55. The lowest BCUT2D eigenvalue weighted by molar-refractivity contribution is 0.198. The van der Waals surface area contributed by atoms with Crippen LogP contribution in [-0.4, -0.2) is 48.4 Å². The third kappa shape index (κ3) is 3.49. The zero-order valence-electron chi connectivity index (χ0n) is 15.9. The Kier molecular flexibility index (Phi) is 5.38. The van der Waals surface area contributed by atoms with Gasteiger partial charge in [-0.3, -0.25) is 4.90 Å². The summed E-state index contributed by atoms with van der Waals surface area (Å²) >= 11 is 0. The highest BCUT2D eigenvalue weighted by Crippen LogP contribution is 2.27. The quantitative estimate of drug-likeness (QED) is 0.844. The molecule has 136 valence electrons. The minimum absolute atomic E-state index is 0.313. The molecule has 6 nitrogen and oxygen atoms in total. The molecule has 1 aromatic heterocycles. The van der Waals surface area contributed by atoms with Crippen molar-refractivity contribution in [1.29, 1.82) is 5.26 Å².